The molecule has 0 amide bonds. The molecule has 0 fully saturated rings. The van der Waals surface area contributed by atoms with Crippen LogP contribution in [0.1, 0.15) is 31.4 Å². The third-order valence-electron chi connectivity index (χ3n) is 3.19. The average molecular weight is 295 g/mol. The molecule has 2 aromatic heterocycles. The molecule has 19 heavy (non-hydrogen) atoms. The largest absolute Gasteiger partial charge is 0.354 e. The Balaban J connectivity index is 2.19. The van der Waals surface area contributed by atoms with E-state index in [0.717, 1.165) is 28.4 Å². The normalized spacial score (nSPS) is 15.6. The van der Waals surface area contributed by atoms with Crippen molar-refractivity contribution in [3.8, 4) is 0 Å². The zero-order valence-electron chi connectivity index (χ0n) is 11.0. The minimum absolute atomic E-state index is 0.282. The molecule has 1 aliphatic carbocycles. The van der Waals surface area contributed by atoms with Crippen LogP contribution in [0.3, 0.4) is 0 Å². The van der Waals surface area contributed by atoms with Crippen LogP contribution in [0.4, 0.5) is 5.13 Å². The first-order valence-electron chi connectivity index (χ1n) is 6.36. The number of rotatable bonds is 2. The quantitative estimate of drug-likeness (QED) is 0.791. The second-order valence-corrected chi connectivity index (χ2v) is 6.18. The van der Waals surface area contributed by atoms with Crippen molar-refractivity contribution < 1.29 is 0 Å². The molecule has 6 heteroatoms. The van der Waals surface area contributed by atoms with Gasteiger partial charge < -0.3 is 4.90 Å². The van der Waals surface area contributed by atoms with Crippen molar-refractivity contribution in [1.82, 2.24) is 15.0 Å². The highest BCUT2D eigenvalue weighted by Crippen LogP contribution is 2.35. The van der Waals surface area contributed by atoms with Crippen LogP contribution < -0.4 is 4.90 Å². The number of fused-ring (bicyclic) bond motifs is 1. The molecule has 1 aliphatic rings. The van der Waals surface area contributed by atoms with Crippen molar-refractivity contribution in [2.75, 3.05) is 19.0 Å². The van der Waals surface area contributed by atoms with Crippen LogP contribution in [0.5, 0.6) is 0 Å². The smallest absolute Gasteiger partial charge is 0.225 e. The first-order valence-corrected chi connectivity index (χ1v) is 7.55. The summed E-state index contributed by atoms with van der Waals surface area (Å²) < 4.78 is 1.04. The molecule has 0 unspecified atom stereocenters. The number of nitrogens with zero attached hydrogens (tertiary/aromatic N) is 4. The van der Waals surface area contributed by atoms with Crippen LogP contribution >= 0.6 is 22.9 Å². The van der Waals surface area contributed by atoms with Gasteiger partial charge in [-0.25, -0.2) is 4.98 Å². The van der Waals surface area contributed by atoms with Gasteiger partial charge in [-0.1, -0.05) is 17.4 Å². The second kappa shape index (κ2) is 5.06. The number of anilines is 1. The van der Waals surface area contributed by atoms with Gasteiger partial charge in [0.05, 0.1) is 5.69 Å². The van der Waals surface area contributed by atoms with E-state index in [1.807, 2.05) is 19.0 Å². The molecule has 2 heterocycles. The number of hydrogen-bond acceptors (Lipinski definition) is 5. The van der Waals surface area contributed by atoms with Crippen molar-refractivity contribution in [3.05, 3.63) is 17.1 Å². The number of allylic oxidation sites excluding steroid dienone is 2. The topological polar surface area (TPSA) is 41.9 Å². The monoisotopic (exact) mass is 294 g/mol. The molecule has 100 valence electrons. The Hall–Kier alpha value is -1.20. The van der Waals surface area contributed by atoms with Crippen LogP contribution in [0.25, 0.3) is 15.9 Å². The van der Waals surface area contributed by atoms with E-state index in [4.69, 9.17) is 11.6 Å². The van der Waals surface area contributed by atoms with Gasteiger partial charge in [0.25, 0.3) is 0 Å². The summed E-state index contributed by atoms with van der Waals surface area (Å²) in [6.07, 6.45) is 6.94. The van der Waals surface area contributed by atoms with Crippen molar-refractivity contribution in [3.63, 3.8) is 0 Å². The molecule has 0 saturated carbocycles. The van der Waals surface area contributed by atoms with Crippen molar-refractivity contribution in [2.24, 2.45) is 0 Å². The molecule has 0 N–H and O–H groups in total. The highest BCUT2D eigenvalue weighted by Gasteiger charge is 2.17. The Morgan fingerprint density at radius 2 is 2.05 bits per heavy atom. The van der Waals surface area contributed by atoms with Crippen LogP contribution in [0, 0.1) is 0 Å². The van der Waals surface area contributed by atoms with Gasteiger partial charge in [0.15, 0.2) is 10.8 Å². The lowest BCUT2D eigenvalue weighted by molar-refractivity contribution is 0.740. The summed E-state index contributed by atoms with van der Waals surface area (Å²) >= 11 is 7.66. The fraction of sp³-hybridized carbons (Fsp3) is 0.462. The van der Waals surface area contributed by atoms with Gasteiger partial charge in [-0.05, 0) is 42.9 Å². The van der Waals surface area contributed by atoms with E-state index < -0.39 is 0 Å². The molecule has 0 aromatic carbocycles. The van der Waals surface area contributed by atoms with E-state index in [1.165, 1.54) is 18.4 Å². The van der Waals surface area contributed by atoms with Gasteiger partial charge in [0.1, 0.15) is 4.70 Å². The first kappa shape index (κ1) is 12.8. The maximum atomic E-state index is 6.03. The highest BCUT2D eigenvalue weighted by molar-refractivity contribution is 7.22. The van der Waals surface area contributed by atoms with E-state index >= 15 is 0 Å². The van der Waals surface area contributed by atoms with Gasteiger partial charge in [0, 0.05) is 14.1 Å². The Morgan fingerprint density at radius 3 is 2.74 bits per heavy atom. The molecular formula is C13H15ClN4S. The van der Waals surface area contributed by atoms with E-state index in [1.54, 1.807) is 11.3 Å². The fourth-order valence-corrected chi connectivity index (χ4v) is 3.37. The van der Waals surface area contributed by atoms with E-state index in [-0.39, 0.29) is 5.28 Å². The molecule has 0 spiro atoms. The van der Waals surface area contributed by atoms with E-state index in [0.29, 0.717) is 5.65 Å². The Bertz CT molecular complexity index is 647. The third-order valence-corrected chi connectivity index (χ3v) is 4.58. The first-order chi connectivity index (χ1) is 9.15. The van der Waals surface area contributed by atoms with Crippen LogP contribution in [0.15, 0.2) is 6.08 Å². The summed E-state index contributed by atoms with van der Waals surface area (Å²) in [6.45, 7) is 0. The summed E-state index contributed by atoms with van der Waals surface area (Å²) in [4.78, 5) is 15.2. The zero-order valence-corrected chi connectivity index (χ0v) is 12.6. The molecule has 0 radical (unpaired) electrons. The lowest BCUT2D eigenvalue weighted by Gasteiger charge is -2.12. The predicted octanol–water partition coefficient (Wildman–Crippen LogP) is 3.76. The van der Waals surface area contributed by atoms with Crippen LogP contribution in [-0.2, 0) is 0 Å². The maximum Gasteiger partial charge on any atom is 0.225 e. The van der Waals surface area contributed by atoms with Crippen LogP contribution in [0.2, 0.25) is 5.28 Å². The molecule has 0 bridgehead atoms. The molecular weight excluding hydrogens is 280 g/mol. The zero-order chi connectivity index (χ0) is 13.4. The predicted molar refractivity (Wildman–Crippen MR) is 81.0 cm³/mol. The summed E-state index contributed by atoms with van der Waals surface area (Å²) in [7, 11) is 3.96. The van der Waals surface area contributed by atoms with E-state index in [9.17, 15) is 0 Å². The minimum Gasteiger partial charge on any atom is -0.354 e. The minimum atomic E-state index is 0.282. The Kier molecular flexibility index (Phi) is 3.41. The lowest BCUT2D eigenvalue weighted by Crippen LogP contribution is -2.07. The van der Waals surface area contributed by atoms with Gasteiger partial charge >= 0.3 is 0 Å². The lowest BCUT2D eigenvalue weighted by atomic mass is 9.97. The molecule has 0 atom stereocenters. The number of halogens is 1. The van der Waals surface area contributed by atoms with Crippen molar-refractivity contribution in [2.45, 2.75) is 25.7 Å². The highest BCUT2D eigenvalue weighted by atomic mass is 35.5. The Labute approximate surface area is 121 Å². The van der Waals surface area contributed by atoms with Crippen LogP contribution in [-0.4, -0.2) is 29.0 Å². The van der Waals surface area contributed by atoms with E-state index in [2.05, 4.69) is 21.0 Å². The van der Waals surface area contributed by atoms with Gasteiger partial charge in [-0.2, -0.15) is 9.97 Å². The summed E-state index contributed by atoms with van der Waals surface area (Å²) in [5, 5.41) is 1.22. The van der Waals surface area contributed by atoms with Crippen molar-refractivity contribution >= 4 is 44.0 Å². The molecule has 3 rings (SSSR count). The van der Waals surface area contributed by atoms with Crippen molar-refractivity contribution in [1.29, 1.82) is 0 Å². The fourth-order valence-electron chi connectivity index (χ4n) is 2.25. The second-order valence-electron chi connectivity index (χ2n) is 4.86. The number of thiazole rings is 1. The summed E-state index contributed by atoms with van der Waals surface area (Å²) in [6, 6.07) is 0. The number of hydrogen-bond donors (Lipinski definition) is 0. The average Bonchev–Trinajstić information content (AvgIpc) is 2.82. The van der Waals surface area contributed by atoms with Gasteiger partial charge in [-0.15, -0.1) is 0 Å². The number of aromatic nitrogens is 3. The molecule has 2 aromatic rings. The summed E-state index contributed by atoms with van der Waals surface area (Å²) in [5.41, 5.74) is 2.96. The summed E-state index contributed by atoms with van der Waals surface area (Å²) in [5.74, 6) is 0. The van der Waals surface area contributed by atoms with Gasteiger partial charge in [0.2, 0.25) is 5.28 Å². The Morgan fingerprint density at radius 1 is 1.21 bits per heavy atom. The molecule has 0 aliphatic heterocycles. The third kappa shape index (κ3) is 2.44. The standard InChI is InChI=1S/C13H15ClN4S/c1-18(2)13-17-11-10(19-13)9(15-12(14)16-11)8-6-4-3-5-7-8/h6H,3-5,7H2,1-2H3. The maximum absolute atomic E-state index is 6.03. The SMILES string of the molecule is CN(C)c1nc2nc(Cl)nc(C3=CCCCC3)c2s1. The molecule has 0 saturated heterocycles. The molecule has 4 nitrogen and oxygen atoms in total. The van der Waals surface area contributed by atoms with Gasteiger partial charge in [-0.3, -0.25) is 0 Å².